The van der Waals surface area contributed by atoms with Gasteiger partial charge in [0.25, 0.3) is 0 Å². The molecule has 0 aliphatic heterocycles. The standard InChI is InChI=1S/C13H23NO2/c1-2-13(8-15,9-16)14-7-12-6-10-3-4-11(12)5-10/h3-4,10-12,14-16H,2,5-9H2,1H3. The lowest BCUT2D eigenvalue weighted by atomic mass is 9.91. The van der Waals surface area contributed by atoms with E-state index in [1.807, 2.05) is 6.92 Å². The van der Waals surface area contributed by atoms with Gasteiger partial charge in [-0.3, -0.25) is 0 Å². The molecular weight excluding hydrogens is 202 g/mol. The summed E-state index contributed by atoms with van der Waals surface area (Å²) < 4.78 is 0. The molecule has 3 N–H and O–H groups in total. The van der Waals surface area contributed by atoms with E-state index < -0.39 is 5.54 Å². The summed E-state index contributed by atoms with van der Waals surface area (Å²) in [5.74, 6) is 2.21. The zero-order chi connectivity index (χ0) is 11.6. The molecule has 0 aromatic carbocycles. The molecule has 92 valence electrons. The first-order valence-corrected chi connectivity index (χ1v) is 6.38. The highest BCUT2D eigenvalue weighted by Gasteiger charge is 2.37. The zero-order valence-corrected chi connectivity index (χ0v) is 10.0. The van der Waals surface area contributed by atoms with Crippen LogP contribution in [0.15, 0.2) is 12.2 Å². The summed E-state index contributed by atoms with van der Waals surface area (Å²) in [6.45, 7) is 2.94. The maximum absolute atomic E-state index is 9.35. The van der Waals surface area contributed by atoms with Gasteiger partial charge in [0.2, 0.25) is 0 Å². The van der Waals surface area contributed by atoms with Gasteiger partial charge >= 0.3 is 0 Å². The summed E-state index contributed by atoms with van der Waals surface area (Å²) >= 11 is 0. The summed E-state index contributed by atoms with van der Waals surface area (Å²) in [4.78, 5) is 0. The van der Waals surface area contributed by atoms with Crippen LogP contribution in [0.25, 0.3) is 0 Å². The number of rotatable bonds is 6. The highest BCUT2D eigenvalue weighted by atomic mass is 16.3. The fourth-order valence-electron chi connectivity index (χ4n) is 2.99. The zero-order valence-electron chi connectivity index (χ0n) is 10.0. The molecule has 3 unspecified atom stereocenters. The molecule has 0 spiro atoms. The van der Waals surface area contributed by atoms with Crippen LogP contribution in [0.3, 0.4) is 0 Å². The summed E-state index contributed by atoms with van der Waals surface area (Å²) in [7, 11) is 0. The van der Waals surface area contributed by atoms with Crippen molar-refractivity contribution in [1.29, 1.82) is 0 Å². The molecule has 1 saturated carbocycles. The van der Waals surface area contributed by atoms with E-state index in [1.165, 1.54) is 12.8 Å². The van der Waals surface area contributed by atoms with Crippen molar-refractivity contribution in [3.8, 4) is 0 Å². The highest BCUT2D eigenvalue weighted by Crippen LogP contribution is 2.43. The Hall–Kier alpha value is -0.380. The van der Waals surface area contributed by atoms with Crippen molar-refractivity contribution in [2.24, 2.45) is 17.8 Å². The summed E-state index contributed by atoms with van der Waals surface area (Å²) in [5, 5.41) is 22.1. The van der Waals surface area contributed by atoms with E-state index >= 15 is 0 Å². The molecule has 0 saturated heterocycles. The molecule has 3 heteroatoms. The third-order valence-corrected chi connectivity index (χ3v) is 4.44. The van der Waals surface area contributed by atoms with Crippen molar-refractivity contribution in [1.82, 2.24) is 5.32 Å². The third-order valence-electron chi connectivity index (χ3n) is 4.44. The molecule has 3 atom stereocenters. The molecule has 2 bridgehead atoms. The van der Waals surface area contributed by atoms with Gasteiger partial charge in [0, 0.05) is 0 Å². The van der Waals surface area contributed by atoms with E-state index in [2.05, 4.69) is 17.5 Å². The molecule has 2 aliphatic carbocycles. The van der Waals surface area contributed by atoms with Crippen molar-refractivity contribution < 1.29 is 10.2 Å². The fraction of sp³-hybridized carbons (Fsp3) is 0.846. The molecule has 0 aromatic rings. The van der Waals surface area contributed by atoms with Crippen LogP contribution in [-0.4, -0.2) is 35.5 Å². The van der Waals surface area contributed by atoms with Crippen molar-refractivity contribution in [2.75, 3.05) is 19.8 Å². The molecule has 0 radical (unpaired) electrons. The monoisotopic (exact) mass is 225 g/mol. The van der Waals surface area contributed by atoms with E-state index in [1.54, 1.807) is 0 Å². The van der Waals surface area contributed by atoms with Gasteiger partial charge in [-0.05, 0) is 43.6 Å². The van der Waals surface area contributed by atoms with Gasteiger partial charge in [-0.2, -0.15) is 0 Å². The van der Waals surface area contributed by atoms with E-state index in [4.69, 9.17) is 0 Å². The van der Waals surface area contributed by atoms with E-state index in [-0.39, 0.29) is 13.2 Å². The van der Waals surface area contributed by atoms with Gasteiger partial charge in [-0.15, -0.1) is 0 Å². The smallest absolute Gasteiger partial charge is 0.0645 e. The molecule has 2 aliphatic rings. The van der Waals surface area contributed by atoms with Gasteiger partial charge in [0.15, 0.2) is 0 Å². The number of aliphatic hydroxyl groups excluding tert-OH is 2. The summed E-state index contributed by atoms with van der Waals surface area (Å²) in [5.41, 5.74) is -0.481. The topological polar surface area (TPSA) is 52.5 Å². The van der Waals surface area contributed by atoms with Crippen LogP contribution in [0.4, 0.5) is 0 Å². The average molecular weight is 225 g/mol. The van der Waals surface area contributed by atoms with Crippen LogP contribution >= 0.6 is 0 Å². The van der Waals surface area contributed by atoms with Gasteiger partial charge in [0.1, 0.15) is 0 Å². The number of fused-ring (bicyclic) bond motifs is 2. The Bertz CT molecular complexity index is 252. The Morgan fingerprint density at radius 1 is 1.25 bits per heavy atom. The van der Waals surface area contributed by atoms with E-state index in [0.29, 0.717) is 5.92 Å². The second-order valence-electron chi connectivity index (χ2n) is 5.37. The van der Waals surface area contributed by atoms with Crippen LogP contribution in [0.5, 0.6) is 0 Å². The molecular formula is C13H23NO2. The van der Waals surface area contributed by atoms with Crippen LogP contribution in [0.2, 0.25) is 0 Å². The summed E-state index contributed by atoms with van der Waals surface area (Å²) in [6.07, 6.45) is 8.02. The maximum Gasteiger partial charge on any atom is 0.0645 e. The molecule has 16 heavy (non-hydrogen) atoms. The average Bonchev–Trinajstić information content (AvgIpc) is 2.93. The van der Waals surface area contributed by atoms with Gasteiger partial charge < -0.3 is 15.5 Å². The predicted octanol–water partition coefficient (Wildman–Crippen LogP) is 0.922. The van der Waals surface area contributed by atoms with Gasteiger partial charge in [-0.1, -0.05) is 19.1 Å². The Morgan fingerprint density at radius 3 is 2.44 bits per heavy atom. The lowest BCUT2D eigenvalue weighted by Gasteiger charge is -2.32. The lowest BCUT2D eigenvalue weighted by Crippen LogP contribution is -2.53. The number of nitrogens with one attached hydrogen (secondary N) is 1. The molecule has 0 heterocycles. The van der Waals surface area contributed by atoms with Crippen LogP contribution in [0, 0.1) is 17.8 Å². The quantitative estimate of drug-likeness (QED) is 0.589. The summed E-state index contributed by atoms with van der Waals surface area (Å²) in [6, 6.07) is 0. The first-order chi connectivity index (χ1) is 7.73. The molecule has 0 amide bonds. The number of allylic oxidation sites excluding steroid dienone is 2. The Labute approximate surface area is 97.6 Å². The van der Waals surface area contributed by atoms with Crippen LogP contribution in [-0.2, 0) is 0 Å². The third kappa shape index (κ3) is 2.17. The van der Waals surface area contributed by atoms with Crippen molar-refractivity contribution in [3.05, 3.63) is 12.2 Å². The van der Waals surface area contributed by atoms with Crippen LogP contribution in [0.1, 0.15) is 26.2 Å². The first kappa shape index (κ1) is 12.1. The van der Waals surface area contributed by atoms with Gasteiger partial charge in [-0.25, -0.2) is 0 Å². The molecule has 0 aromatic heterocycles. The van der Waals surface area contributed by atoms with E-state index in [9.17, 15) is 10.2 Å². The lowest BCUT2D eigenvalue weighted by molar-refractivity contribution is 0.0829. The maximum atomic E-state index is 9.35. The molecule has 3 nitrogen and oxygen atoms in total. The van der Waals surface area contributed by atoms with E-state index in [0.717, 1.165) is 24.8 Å². The number of hydrogen-bond donors (Lipinski definition) is 3. The second-order valence-corrected chi connectivity index (χ2v) is 5.37. The largest absolute Gasteiger partial charge is 0.394 e. The minimum absolute atomic E-state index is 0.0106. The van der Waals surface area contributed by atoms with Crippen molar-refractivity contribution in [2.45, 2.75) is 31.7 Å². The normalized spacial score (nSPS) is 32.6. The minimum Gasteiger partial charge on any atom is -0.394 e. The number of aliphatic hydroxyl groups is 2. The first-order valence-electron chi connectivity index (χ1n) is 6.38. The van der Waals surface area contributed by atoms with Crippen LogP contribution < -0.4 is 5.32 Å². The predicted molar refractivity (Wildman–Crippen MR) is 64.0 cm³/mol. The highest BCUT2D eigenvalue weighted by molar-refractivity contribution is 5.10. The Balaban J connectivity index is 1.84. The Morgan fingerprint density at radius 2 is 2.00 bits per heavy atom. The van der Waals surface area contributed by atoms with Gasteiger partial charge in [0.05, 0.1) is 18.8 Å². The number of hydrogen-bond acceptors (Lipinski definition) is 3. The second kappa shape index (κ2) is 4.86. The SMILES string of the molecule is CCC(CO)(CO)NCC1CC2C=CC1C2. The fourth-order valence-corrected chi connectivity index (χ4v) is 2.99. The van der Waals surface area contributed by atoms with Crippen molar-refractivity contribution in [3.63, 3.8) is 0 Å². The minimum atomic E-state index is -0.481. The molecule has 2 rings (SSSR count). The van der Waals surface area contributed by atoms with Crippen molar-refractivity contribution >= 4 is 0 Å². The Kier molecular flexibility index (Phi) is 3.67. The molecule has 1 fully saturated rings.